The van der Waals surface area contributed by atoms with Gasteiger partial charge >= 0.3 is 0 Å². The molecule has 0 saturated heterocycles. The van der Waals surface area contributed by atoms with Crippen LogP contribution in [0.4, 0.5) is 10.1 Å². The molecule has 0 aliphatic carbocycles. The number of hydrogen-bond donors (Lipinski definition) is 2. The number of halogens is 2. The van der Waals surface area contributed by atoms with Crippen molar-refractivity contribution in [1.29, 1.82) is 0 Å². The zero-order chi connectivity index (χ0) is 17.7. The van der Waals surface area contributed by atoms with E-state index in [1.54, 1.807) is 12.1 Å². The summed E-state index contributed by atoms with van der Waals surface area (Å²) >= 11 is 2.15. The summed E-state index contributed by atoms with van der Waals surface area (Å²) in [4.78, 5) is 24.8. The Balaban J connectivity index is 2.13. The number of carbonyl (C=O) groups excluding carboxylic acids is 2. The zero-order valence-electron chi connectivity index (χ0n) is 13.3. The first-order valence-corrected chi connectivity index (χ1v) is 8.58. The van der Waals surface area contributed by atoms with Crippen LogP contribution < -0.4 is 10.6 Å². The number of benzene rings is 2. The predicted octanol–water partition coefficient (Wildman–Crippen LogP) is 3.82. The minimum atomic E-state index is -0.769. The van der Waals surface area contributed by atoms with Crippen LogP contribution in [-0.2, 0) is 4.79 Å². The Labute approximate surface area is 154 Å². The van der Waals surface area contributed by atoms with Crippen molar-refractivity contribution in [3.63, 3.8) is 0 Å². The molecule has 0 saturated carbocycles. The molecule has 1 atom stereocenters. The van der Waals surface area contributed by atoms with Gasteiger partial charge in [-0.2, -0.15) is 0 Å². The molecule has 0 bridgehead atoms. The van der Waals surface area contributed by atoms with Crippen LogP contribution in [0, 0.1) is 15.3 Å². The lowest BCUT2D eigenvalue weighted by Crippen LogP contribution is -2.47. The molecule has 2 amide bonds. The third-order valence-electron chi connectivity index (χ3n) is 3.45. The molecule has 2 N–H and O–H groups in total. The van der Waals surface area contributed by atoms with E-state index in [0.717, 1.165) is 3.57 Å². The van der Waals surface area contributed by atoms with Gasteiger partial charge in [0.05, 0.1) is 5.56 Å². The second-order valence-electron chi connectivity index (χ2n) is 5.67. The lowest BCUT2D eigenvalue weighted by Gasteiger charge is -2.22. The molecule has 0 radical (unpaired) electrons. The van der Waals surface area contributed by atoms with Crippen molar-refractivity contribution >= 4 is 40.1 Å². The summed E-state index contributed by atoms with van der Waals surface area (Å²) in [5.41, 5.74) is 0.572. The zero-order valence-corrected chi connectivity index (χ0v) is 15.5. The SMILES string of the molecule is CC(C)C(NC(=O)c1ccccc1F)C(=O)Nc1cccc(I)c1. The summed E-state index contributed by atoms with van der Waals surface area (Å²) in [6.45, 7) is 3.64. The average molecular weight is 440 g/mol. The Morgan fingerprint density at radius 3 is 2.42 bits per heavy atom. The molecule has 4 nitrogen and oxygen atoms in total. The van der Waals surface area contributed by atoms with Crippen LogP contribution >= 0.6 is 22.6 Å². The van der Waals surface area contributed by atoms with Gasteiger partial charge in [-0.3, -0.25) is 9.59 Å². The number of nitrogens with one attached hydrogen (secondary N) is 2. The van der Waals surface area contributed by atoms with Gasteiger partial charge in [0.1, 0.15) is 11.9 Å². The number of amides is 2. The molecule has 2 rings (SSSR count). The van der Waals surface area contributed by atoms with Crippen LogP contribution in [-0.4, -0.2) is 17.9 Å². The molecule has 0 aliphatic rings. The fraction of sp³-hybridized carbons (Fsp3) is 0.222. The average Bonchev–Trinajstić information content (AvgIpc) is 2.52. The largest absolute Gasteiger partial charge is 0.340 e. The Morgan fingerprint density at radius 2 is 1.79 bits per heavy atom. The van der Waals surface area contributed by atoms with Crippen LogP contribution in [0.3, 0.4) is 0 Å². The summed E-state index contributed by atoms with van der Waals surface area (Å²) in [5, 5.41) is 5.40. The highest BCUT2D eigenvalue weighted by atomic mass is 127. The van der Waals surface area contributed by atoms with Crippen LogP contribution in [0.25, 0.3) is 0 Å². The second kappa shape index (κ2) is 8.23. The summed E-state index contributed by atoms with van der Waals surface area (Å²) in [6.07, 6.45) is 0. The van der Waals surface area contributed by atoms with Gasteiger partial charge < -0.3 is 10.6 Å². The van der Waals surface area contributed by atoms with Gasteiger partial charge in [0.25, 0.3) is 5.91 Å². The molecule has 1 unspecified atom stereocenters. The molecule has 0 fully saturated rings. The van der Waals surface area contributed by atoms with E-state index in [4.69, 9.17) is 0 Å². The van der Waals surface area contributed by atoms with Gasteiger partial charge in [-0.05, 0) is 58.8 Å². The third-order valence-corrected chi connectivity index (χ3v) is 4.12. The van der Waals surface area contributed by atoms with Crippen LogP contribution in [0.15, 0.2) is 48.5 Å². The number of hydrogen-bond acceptors (Lipinski definition) is 2. The first kappa shape index (κ1) is 18.4. The fourth-order valence-corrected chi connectivity index (χ4v) is 2.73. The minimum Gasteiger partial charge on any atom is -0.340 e. The van der Waals surface area contributed by atoms with Gasteiger partial charge in [0, 0.05) is 9.26 Å². The summed E-state index contributed by atoms with van der Waals surface area (Å²) in [7, 11) is 0. The standard InChI is InChI=1S/C18H18FIN2O2/c1-11(2)16(18(24)21-13-7-5-6-12(20)10-13)22-17(23)14-8-3-4-9-15(14)19/h3-11,16H,1-2H3,(H,21,24)(H,22,23). The van der Waals surface area contributed by atoms with E-state index in [-0.39, 0.29) is 17.4 Å². The van der Waals surface area contributed by atoms with Gasteiger partial charge in [0.15, 0.2) is 0 Å². The first-order valence-electron chi connectivity index (χ1n) is 7.50. The third kappa shape index (κ3) is 4.77. The molecule has 0 spiro atoms. The van der Waals surface area contributed by atoms with Gasteiger partial charge in [-0.25, -0.2) is 4.39 Å². The number of rotatable bonds is 5. The van der Waals surface area contributed by atoms with Crippen molar-refractivity contribution in [3.8, 4) is 0 Å². The van der Waals surface area contributed by atoms with Crippen LogP contribution in [0.2, 0.25) is 0 Å². The molecular weight excluding hydrogens is 422 g/mol. The van der Waals surface area contributed by atoms with Crippen molar-refractivity contribution in [2.75, 3.05) is 5.32 Å². The highest BCUT2D eigenvalue weighted by Crippen LogP contribution is 2.14. The molecule has 0 aromatic heterocycles. The Hall–Kier alpha value is -1.96. The maximum atomic E-state index is 13.7. The Morgan fingerprint density at radius 1 is 1.08 bits per heavy atom. The molecule has 0 aliphatic heterocycles. The molecule has 126 valence electrons. The van der Waals surface area contributed by atoms with E-state index < -0.39 is 17.8 Å². The second-order valence-corrected chi connectivity index (χ2v) is 6.92. The molecule has 2 aromatic rings. The molecule has 6 heteroatoms. The van der Waals surface area contributed by atoms with Gasteiger partial charge in [-0.1, -0.05) is 32.0 Å². The molecule has 24 heavy (non-hydrogen) atoms. The number of carbonyl (C=O) groups is 2. The topological polar surface area (TPSA) is 58.2 Å². The predicted molar refractivity (Wildman–Crippen MR) is 100 cm³/mol. The maximum absolute atomic E-state index is 13.7. The monoisotopic (exact) mass is 440 g/mol. The van der Waals surface area contributed by atoms with Crippen molar-refractivity contribution < 1.29 is 14.0 Å². The highest BCUT2D eigenvalue weighted by Gasteiger charge is 2.25. The summed E-state index contributed by atoms with van der Waals surface area (Å²) in [6, 6.07) is 12.3. The van der Waals surface area contributed by atoms with E-state index in [1.807, 2.05) is 32.0 Å². The van der Waals surface area contributed by atoms with E-state index in [2.05, 4.69) is 33.2 Å². The summed E-state index contributed by atoms with van der Waals surface area (Å²) < 4.78 is 14.7. The lowest BCUT2D eigenvalue weighted by molar-refractivity contribution is -0.118. The normalized spacial score (nSPS) is 11.9. The van der Waals surface area contributed by atoms with E-state index in [9.17, 15) is 14.0 Å². The maximum Gasteiger partial charge on any atom is 0.254 e. The van der Waals surface area contributed by atoms with Gasteiger partial charge in [-0.15, -0.1) is 0 Å². The molecular formula is C18H18FIN2O2. The van der Waals surface area contributed by atoms with Crippen molar-refractivity contribution in [2.45, 2.75) is 19.9 Å². The minimum absolute atomic E-state index is 0.0785. The van der Waals surface area contributed by atoms with Crippen LogP contribution in [0.5, 0.6) is 0 Å². The first-order chi connectivity index (χ1) is 11.4. The van der Waals surface area contributed by atoms with Crippen molar-refractivity contribution in [2.24, 2.45) is 5.92 Å². The molecule has 2 aromatic carbocycles. The fourth-order valence-electron chi connectivity index (χ4n) is 2.19. The molecule has 0 heterocycles. The van der Waals surface area contributed by atoms with E-state index in [0.29, 0.717) is 5.69 Å². The Kier molecular flexibility index (Phi) is 6.30. The number of anilines is 1. The highest BCUT2D eigenvalue weighted by molar-refractivity contribution is 14.1. The smallest absolute Gasteiger partial charge is 0.254 e. The van der Waals surface area contributed by atoms with Crippen LogP contribution in [0.1, 0.15) is 24.2 Å². The lowest BCUT2D eigenvalue weighted by atomic mass is 10.0. The summed E-state index contributed by atoms with van der Waals surface area (Å²) in [5.74, 6) is -1.71. The Bertz CT molecular complexity index is 749. The quantitative estimate of drug-likeness (QED) is 0.695. The van der Waals surface area contributed by atoms with E-state index in [1.165, 1.54) is 18.2 Å². The van der Waals surface area contributed by atoms with E-state index >= 15 is 0 Å². The van der Waals surface area contributed by atoms with Crippen molar-refractivity contribution in [3.05, 3.63) is 63.5 Å². The van der Waals surface area contributed by atoms with Crippen molar-refractivity contribution in [1.82, 2.24) is 5.32 Å². The van der Waals surface area contributed by atoms with Gasteiger partial charge in [0.2, 0.25) is 5.91 Å².